The Morgan fingerprint density at radius 1 is 1.07 bits per heavy atom. The van der Waals surface area contributed by atoms with E-state index < -0.39 is 12.1 Å². The maximum absolute atomic E-state index is 13.0. The first-order valence-corrected chi connectivity index (χ1v) is 8.10. The van der Waals surface area contributed by atoms with Crippen LogP contribution in [0.15, 0.2) is 52.9 Å². The largest absolute Gasteiger partial charge is 0.449 e. The van der Waals surface area contributed by atoms with Gasteiger partial charge in [0, 0.05) is 18.2 Å². The van der Waals surface area contributed by atoms with Crippen LogP contribution in [0.4, 0.5) is 10.1 Å². The standard InChI is InChI=1S/C19H16FN3O4/c1-11(17-22-23-18(27-17)13-3-7-15(20)8-4-13)26-19(25)14-5-9-16(10-6-14)21-12(2)24/h3-11H,1-2H3,(H,21,24)/t11-/m0/s1. The molecule has 0 aliphatic heterocycles. The molecule has 0 aliphatic carbocycles. The monoisotopic (exact) mass is 369 g/mol. The van der Waals surface area contributed by atoms with Crippen molar-refractivity contribution in [1.29, 1.82) is 0 Å². The van der Waals surface area contributed by atoms with Gasteiger partial charge in [-0.05, 0) is 55.5 Å². The lowest BCUT2D eigenvalue weighted by molar-refractivity contribution is -0.114. The molecule has 1 atom stereocenters. The molecule has 1 heterocycles. The fourth-order valence-electron chi connectivity index (χ4n) is 2.28. The summed E-state index contributed by atoms with van der Waals surface area (Å²) >= 11 is 0. The van der Waals surface area contributed by atoms with E-state index in [1.807, 2.05) is 0 Å². The molecule has 3 rings (SSSR count). The molecular weight excluding hydrogens is 353 g/mol. The molecule has 138 valence electrons. The van der Waals surface area contributed by atoms with Crippen LogP contribution >= 0.6 is 0 Å². The normalized spacial score (nSPS) is 11.7. The molecule has 3 aromatic rings. The number of hydrogen-bond acceptors (Lipinski definition) is 6. The number of aromatic nitrogens is 2. The van der Waals surface area contributed by atoms with Gasteiger partial charge in [0.25, 0.3) is 5.89 Å². The van der Waals surface area contributed by atoms with Gasteiger partial charge in [-0.3, -0.25) is 4.79 Å². The Morgan fingerprint density at radius 3 is 2.37 bits per heavy atom. The summed E-state index contributed by atoms with van der Waals surface area (Å²) in [6.07, 6.45) is -0.769. The van der Waals surface area contributed by atoms with Crippen molar-refractivity contribution in [3.05, 3.63) is 65.8 Å². The Morgan fingerprint density at radius 2 is 1.74 bits per heavy atom. The summed E-state index contributed by atoms with van der Waals surface area (Å²) < 4.78 is 23.8. The highest BCUT2D eigenvalue weighted by Gasteiger charge is 2.20. The molecule has 2 aromatic carbocycles. The number of anilines is 1. The van der Waals surface area contributed by atoms with Gasteiger partial charge in [-0.25, -0.2) is 9.18 Å². The summed E-state index contributed by atoms with van der Waals surface area (Å²) in [5.74, 6) is -0.818. The minimum Gasteiger partial charge on any atom is -0.449 e. The predicted molar refractivity (Wildman–Crippen MR) is 94.3 cm³/mol. The van der Waals surface area contributed by atoms with Crippen LogP contribution in [0, 0.1) is 5.82 Å². The highest BCUT2D eigenvalue weighted by atomic mass is 19.1. The van der Waals surface area contributed by atoms with Crippen molar-refractivity contribution in [3.8, 4) is 11.5 Å². The SMILES string of the molecule is CC(=O)Nc1ccc(C(=O)O[C@@H](C)c2nnc(-c3ccc(F)cc3)o2)cc1. The lowest BCUT2D eigenvalue weighted by Crippen LogP contribution is -2.10. The van der Waals surface area contributed by atoms with E-state index >= 15 is 0 Å². The molecule has 0 saturated carbocycles. The zero-order valence-electron chi connectivity index (χ0n) is 14.6. The Bertz CT molecular complexity index is 952. The molecule has 1 aromatic heterocycles. The number of nitrogens with one attached hydrogen (secondary N) is 1. The number of carbonyl (C=O) groups excluding carboxylic acids is 2. The number of benzene rings is 2. The quantitative estimate of drug-likeness (QED) is 0.688. The van der Waals surface area contributed by atoms with Gasteiger partial charge in [-0.2, -0.15) is 0 Å². The first-order chi connectivity index (χ1) is 12.9. The molecule has 0 aliphatic rings. The van der Waals surface area contributed by atoms with Crippen LogP contribution in [0.5, 0.6) is 0 Å². The third-order valence-corrected chi connectivity index (χ3v) is 3.60. The molecule has 0 fully saturated rings. The fourth-order valence-corrected chi connectivity index (χ4v) is 2.28. The minimum atomic E-state index is -0.769. The fraction of sp³-hybridized carbons (Fsp3) is 0.158. The molecule has 0 bridgehead atoms. The van der Waals surface area contributed by atoms with Gasteiger partial charge in [-0.1, -0.05) is 0 Å². The first-order valence-electron chi connectivity index (χ1n) is 8.10. The average Bonchev–Trinajstić information content (AvgIpc) is 3.12. The number of esters is 1. The Hall–Kier alpha value is -3.55. The van der Waals surface area contributed by atoms with E-state index in [9.17, 15) is 14.0 Å². The number of hydrogen-bond donors (Lipinski definition) is 1. The summed E-state index contributed by atoms with van der Waals surface area (Å²) in [7, 11) is 0. The van der Waals surface area contributed by atoms with Crippen LogP contribution in [-0.2, 0) is 9.53 Å². The molecular formula is C19H16FN3O4. The zero-order chi connectivity index (χ0) is 19.4. The van der Waals surface area contributed by atoms with Crippen molar-refractivity contribution in [2.75, 3.05) is 5.32 Å². The van der Waals surface area contributed by atoms with Crippen LogP contribution in [-0.4, -0.2) is 22.1 Å². The van der Waals surface area contributed by atoms with Crippen LogP contribution < -0.4 is 5.32 Å². The van der Waals surface area contributed by atoms with E-state index in [0.717, 1.165) is 0 Å². The molecule has 0 unspecified atom stereocenters. The molecule has 1 amide bonds. The van der Waals surface area contributed by atoms with Crippen LogP contribution in [0.3, 0.4) is 0 Å². The molecule has 8 heteroatoms. The summed E-state index contributed by atoms with van der Waals surface area (Å²) in [6, 6.07) is 11.9. The molecule has 27 heavy (non-hydrogen) atoms. The van der Waals surface area contributed by atoms with Crippen molar-refractivity contribution >= 4 is 17.6 Å². The third-order valence-electron chi connectivity index (χ3n) is 3.60. The van der Waals surface area contributed by atoms with Gasteiger partial charge in [0.05, 0.1) is 5.56 Å². The van der Waals surface area contributed by atoms with E-state index in [1.165, 1.54) is 43.3 Å². The second-order valence-corrected chi connectivity index (χ2v) is 5.76. The van der Waals surface area contributed by atoms with Crippen molar-refractivity contribution in [3.63, 3.8) is 0 Å². The minimum absolute atomic E-state index is 0.123. The van der Waals surface area contributed by atoms with Gasteiger partial charge in [0.2, 0.25) is 11.8 Å². The summed E-state index contributed by atoms with van der Waals surface area (Å²) in [5, 5.41) is 10.4. The summed E-state index contributed by atoms with van der Waals surface area (Å²) in [5.41, 5.74) is 1.45. The van der Waals surface area contributed by atoms with Crippen LogP contribution in [0.25, 0.3) is 11.5 Å². The smallest absolute Gasteiger partial charge is 0.338 e. The van der Waals surface area contributed by atoms with Crippen LogP contribution in [0.2, 0.25) is 0 Å². The number of nitrogens with zero attached hydrogens (tertiary/aromatic N) is 2. The summed E-state index contributed by atoms with van der Waals surface area (Å²) in [4.78, 5) is 23.2. The maximum Gasteiger partial charge on any atom is 0.338 e. The molecule has 1 N–H and O–H groups in total. The predicted octanol–water partition coefficient (Wildman–Crippen LogP) is 3.75. The highest BCUT2D eigenvalue weighted by Crippen LogP contribution is 2.23. The van der Waals surface area contributed by atoms with Gasteiger partial charge in [-0.15, -0.1) is 10.2 Å². The molecule has 0 radical (unpaired) electrons. The second kappa shape index (κ2) is 7.77. The third kappa shape index (κ3) is 4.55. The number of amides is 1. The number of ether oxygens (including phenoxy) is 1. The first kappa shape index (κ1) is 18.2. The van der Waals surface area contributed by atoms with E-state index in [0.29, 0.717) is 16.8 Å². The van der Waals surface area contributed by atoms with Crippen molar-refractivity contribution < 1.29 is 23.1 Å². The summed E-state index contributed by atoms with van der Waals surface area (Å²) in [6.45, 7) is 3.00. The lowest BCUT2D eigenvalue weighted by Gasteiger charge is -2.10. The Labute approximate surface area is 154 Å². The van der Waals surface area contributed by atoms with Crippen LogP contribution in [0.1, 0.15) is 36.2 Å². The van der Waals surface area contributed by atoms with E-state index in [-0.39, 0.29) is 23.5 Å². The zero-order valence-corrected chi connectivity index (χ0v) is 14.6. The topological polar surface area (TPSA) is 94.3 Å². The molecule has 0 saturated heterocycles. The average molecular weight is 369 g/mol. The Balaban J connectivity index is 1.66. The van der Waals surface area contributed by atoms with Gasteiger partial charge in [0.15, 0.2) is 6.10 Å². The molecule has 7 nitrogen and oxygen atoms in total. The van der Waals surface area contributed by atoms with Crippen molar-refractivity contribution in [2.45, 2.75) is 20.0 Å². The van der Waals surface area contributed by atoms with Gasteiger partial charge < -0.3 is 14.5 Å². The second-order valence-electron chi connectivity index (χ2n) is 5.76. The van der Waals surface area contributed by atoms with E-state index in [2.05, 4.69) is 15.5 Å². The van der Waals surface area contributed by atoms with Crippen molar-refractivity contribution in [2.24, 2.45) is 0 Å². The Kier molecular flexibility index (Phi) is 5.25. The number of carbonyl (C=O) groups is 2. The van der Waals surface area contributed by atoms with Gasteiger partial charge in [0.1, 0.15) is 5.82 Å². The van der Waals surface area contributed by atoms with Gasteiger partial charge >= 0.3 is 5.97 Å². The number of rotatable bonds is 5. The molecule has 0 spiro atoms. The number of halogens is 1. The van der Waals surface area contributed by atoms with E-state index in [4.69, 9.17) is 9.15 Å². The highest BCUT2D eigenvalue weighted by molar-refractivity contribution is 5.92. The lowest BCUT2D eigenvalue weighted by atomic mass is 10.2. The van der Waals surface area contributed by atoms with E-state index in [1.54, 1.807) is 19.1 Å². The maximum atomic E-state index is 13.0. The van der Waals surface area contributed by atoms with Crippen molar-refractivity contribution in [1.82, 2.24) is 10.2 Å².